The quantitative estimate of drug-likeness (QED) is 0.851. The van der Waals surface area contributed by atoms with Crippen LogP contribution in [0.25, 0.3) is 5.65 Å². The first-order valence-corrected chi connectivity index (χ1v) is 7.97. The van der Waals surface area contributed by atoms with Gasteiger partial charge in [0.15, 0.2) is 17.2 Å². The van der Waals surface area contributed by atoms with Crippen LogP contribution in [-0.4, -0.2) is 46.0 Å². The first kappa shape index (κ1) is 13.8. The Balaban J connectivity index is 1.90. The second-order valence-electron chi connectivity index (χ2n) is 6.71. The highest BCUT2D eigenvalue weighted by Gasteiger charge is 2.42. The number of hydrogen-bond acceptors (Lipinski definition) is 5. The lowest BCUT2D eigenvalue weighted by Gasteiger charge is -2.40. The van der Waals surface area contributed by atoms with Gasteiger partial charge in [-0.25, -0.2) is 9.50 Å². The predicted octanol–water partition coefficient (Wildman–Crippen LogP) is 2.23. The molecule has 0 unspecified atom stereocenters. The first-order chi connectivity index (χ1) is 10.6. The summed E-state index contributed by atoms with van der Waals surface area (Å²) in [5.74, 6) is 2.10. The average molecular weight is 302 g/mol. The van der Waals surface area contributed by atoms with Gasteiger partial charge in [0, 0.05) is 11.6 Å². The Hall–Kier alpha value is -1.82. The third kappa shape index (κ3) is 1.90. The summed E-state index contributed by atoms with van der Waals surface area (Å²) in [7, 11) is 0. The largest absolute Gasteiger partial charge is 0.480 e. The van der Waals surface area contributed by atoms with Crippen LogP contribution in [-0.2, 0) is 4.74 Å². The summed E-state index contributed by atoms with van der Waals surface area (Å²) in [5, 5.41) is 4.43. The highest BCUT2D eigenvalue weighted by Crippen LogP contribution is 2.38. The Kier molecular flexibility index (Phi) is 3.04. The Morgan fingerprint density at radius 1 is 1.23 bits per heavy atom. The minimum Gasteiger partial charge on any atom is -0.480 e. The van der Waals surface area contributed by atoms with E-state index >= 15 is 0 Å². The van der Waals surface area contributed by atoms with E-state index in [-0.39, 0.29) is 12.1 Å². The molecule has 1 fully saturated rings. The number of anilines is 1. The molecule has 0 amide bonds. The highest BCUT2D eigenvalue weighted by atomic mass is 16.6. The number of aromatic nitrogens is 3. The minimum atomic E-state index is 0.0780. The molecule has 0 aromatic carbocycles. The van der Waals surface area contributed by atoms with E-state index in [0.29, 0.717) is 25.2 Å². The molecule has 2 aliphatic rings. The molecule has 118 valence electrons. The molecule has 2 aliphatic heterocycles. The van der Waals surface area contributed by atoms with E-state index in [1.807, 2.05) is 16.9 Å². The van der Waals surface area contributed by atoms with Gasteiger partial charge in [-0.15, -0.1) is 0 Å². The van der Waals surface area contributed by atoms with Gasteiger partial charge < -0.3 is 14.4 Å². The Morgan fingerprint density at radius 2 is 2.05 bits per heavy atom. The number of nitrogens with zero attached hydrogens (tertiary/aromatic N) is 4. The van der Waals surface area contributed by atoms with Crippen LogP contribution >= 0.6 is 0 Å². The normalized spacial score (nSPS) is 24.0. The zero-order valence-electron chi connectivity index (χ0n) is 13.5. The molecule has 0 bridgehead atoms. The van der Waals surface area contributed by atoms with Gasteiger partial charge in [-0.05, 0) is 19.8 Å². The van der Waals surface area contributed by atoms with Crippen LogP contribution in [0.4, 0.5) is 5.82 Å². The van der Waals surface area contributed by atoms with Gasteiger partial charge in [-0.2, -0.15) is 5.10 Å². The number of hydrogen-bond donors (Lipinski definition) is 0. The van der Waals surface area contributed by atoms with Crippen LogP contribution in [0.15, 0.2) is 12.4 Å². The summed E-state index contributed by atoms with van der Waals surface area (Å²) in [4.78, 5) is 7.25. The van der Waals surface area contributed by atoms with E-state index in [4.69, 9.17) is 14.5 Å². The lowest BCUT2D eigenvalue weighted by molar-refractivity contribution is 0.135. The SMILES string of the molecule is CC(C)c1cnn2cc3c(nc12)N(C(C)C)[C@@H]1COC[C@@H]1O3. The van der Waals surface area contributed by atoms with Gasteiger partial charge in [0.1, 0.15) is 6.10 Å². The Bertz CT molecular complexity index is 709. The van der Waals surface area contributed by atoms with Crippen molar-refractivity contribution >= 4 is 11.5 Å². The second kappa shape index (κ2) is 4.84. The standard InChI is InChI=1S/C16H22N4O2/c1-9(2)11-5-17-19-6-13-16(18-15(11)19)20(10(3)4)12-7-21-8-14(12)22-13/h5-6,9-10,12,14H,7-8H2,1-4H3/t12-,14+/m1/s1. The van der Waals surface area contributed by atoms with E-state index in [1.54, 1.807) is 0 Å². The summed E-state index contributed by atoms with van der Waals surface area (Å²) < 4.78 is 13.6. The van der Waals surface area contributed by atoms with Gasteiger partial charge in [0.25, 0.3) is 0 Å². The van der Waals surface area contributed by atoms with E-state index in [2.05, 4.69) is 37.7 Å². The van der Waals surface area contributed by atoms with Gasteiger partial charge in [0.05, 0.1) is 31.6 Å². The fourth-order valence-electron chi connectivity index (χ4n) is 3.42. The topological polar surface area (TPSA) is 51.9 Å². The molecular formula is C16H22N4O2. The molecular weight excluding hydrogens is 280 g/mol. The molecule has 0 spiro atoms. The fraction of sp³-hybridized carbons (Fsp3) is 0.625. The molecule has 2 atom stereocenters. The molecule has 6 heteroatoms. The highest BCUT2D eigenvalue weighted by molar-refractivity contribution is 5.62. The van der Waals surface area contributed by atoms with Crippen molar-refractivity contribution in [3.63, 3.8) is 0 Å². The van der Waals surface area contributed by atoms with E-state index < -0.39 is 0 Å². The van der Waals surface area contributed by atoms with Crippen LogP contribution in [0.1, 0.15) is 39.2 Å². The average Bonchev–Trinajstić information content (AvgIpc) is 3.07. The van der Waals surface area contributed by atoms with Crippen LogP contribution < -0.4 is 9.64 Å². The van der Waals surface area contributed by atoms with Crippen molar-refractivity contribution in [3.05, 3.63) is 18.0 Å². The molecule has 2 aromatic rings. The van der Waals surface area contributed by atoms with Crippen molar-refractivity contribution in [2.45, 2.75) is 51.8 Å². The molecule has 4 heterocycles. The van der Waals surface area contributed by atoms with Crippen molar-refractivity contribution in [1.29, 1.82) is 0 Å². The van der Waals surface area contributed by atoms with Crippen molar-refractivity contribution in [2.24, 2.45) is 0 Å². The monoisotopic (exact) mass is 302 g/mol. The third-order valence-corrected chi connectivity index (χ3v) is 4.53. The van der Waals surface area contributed by atoms with Crippen molar-refractivity contribution in [3.8, 4) is 5.75 Å². The fourth-order valence-corrected chi connectivity index (χ4v) is 3.42. The number of rotatable bonds is 2. The maximum absolute atomic E-state index is 6.12. The van der Waals surface area contributed by atoms with Crippen molar-refractivity contribution in [1.82, 2.24) is 14.6 Å². The molecule has 4 rings (SSSR count). The lowest BCUT2D eigenvalue weighted by atomic mass is 10.1. The van der Waals surface area contributed by atoms with Gasteiger partial charge in [-0.1, -0.05) is 13.8 Å². The summed E-state index contributed by atoms with van der Waals surface area (Å²) in [6.07, 6.45) is 3.93. The molecule has 2 aromatic heterocycles. The van der Waals surface area contributed by atoms with Gasteiger partial charge in [-0.3, -0.25) is 0 Å². The summed E-state index contributed by atoms with van der Waals surface area (Å²) in [5.41, 5.74) is 2.08. The smallest absolute Gasteiger partial charge is 0.180 e. The van der Waals surface area contributed by atoms with Crippen molar-refractivity contribution in [2.75, 3.05) is 18.1 Å². The van der Waals surface area contributed by atoms with Gasteiger partial charge in [0.2, 0.25) is 0 Å². The molecule has 6 nitrogen and oxygen atoms in total. The second-order valence-corrected chi connectivity index (χ2v) is 6.71. The Morgan fingerprint density at radius 3 is 2.77 bits per heavy atom. The zero-order chi connectivity index (χ0) is 15.4. The summed E-state index contributed by atoms with van der Waals surface area (Å²) >= 11 is 0. The first-order valence-electron chi connectivity index (χ1n) is 7.97. The van der Waals surface area contributed by atoms with E-state index in [0.717, 1.165) is 22.8 Å². The maximum atomic E-state index is 6.12. The van der Waals surface area contributed by atoms with Crippen LogP contribution in [0.3, 0.4) is 0 Å². The molecule has 0 saturated carbocycles. The maximum Gasteiger partial charge on any atom is 0.180 e. The number of fused-ring (bicyclic) bond motifs is 3. The third-order valence-electron chi connectivity index (χ3n) is 4.53. The molecule has 22 heavy (non-hydrogen) atoms. The lowest BCUT2D eigenvalue weighted by Crippen LogP contribution is -2.52. The molecule has 0 radical (unpaired) electrons. The summed E-state index contributed by atoms with van der Waals surface area (Å²) in [6.45, 7) is 10.0. The summed E-state index contributed by atoms with van der Waals surface area (Å²) in [6, 6.07) is 0.588. The molecule has 0 aliphatic carbocycles. The minimum absolute atomic E-state index is 0.0780. The van der Waals surface area contributed by atoms with Crippen molar-refractivity contribution < 1.29 is 9.47 Å². The van der Waals surface area contributed by atoms with Gasteiger partial charge >= 0.3 is 0 Å². The van der Waals surface area contributed by atoms with Crippen LogP contribution in [0.2, 0.25) is 0 Å². The molecule has 1 saturated heterocycles. The van der Waals surface area contributed by atoms with E-state index in [1.165, 1.54) is 0 Å². The Labute approximate surface area is 130 Å². The number of ether oxygens (including phenoxy) is 2. The predicted molar refractivity (Wildman–Crippen MR) is 83.7 cm³/mol. The van der Waals surface area contributed by atoms with E-state index in [9.17, 15) is 0 Å². The molecule has 0 N–H and O–H groups in total. The zero-order valence-corrected chi connectivity index (χ0v) is 13.5. The van der Waals surface area contributed by atoms with Crippen LogP contribution in [0, 0.1) is 0 Å². The van der Waals surface area contributed by atoms with Crippen LogP contribution in [0.5, 0.6) is 5.75 Å².